The number of aliphatic carboxylic acids is 1. The Morgan fingerprint density at radius 3 is 2.59 bits per heavy atom. The number of esters is 1. The number of likely N-dealkylation sites (N-methyl/N-ethyl adjacent to an activating group) is 1. The van der Waals surface area contributed by atoms with Crippen LogP contribution in [0.4, 0.5) is 5.69 Å². The second-order valence-electron chi connectivity index (χ2n) is 7.75. The lowest BCUT2D eigenvalue weighted by Gasteiger charge is -2.38. The molecule has 1 saturated heterocycles. The quantitative estimate of drug-likeness (QED) is 0.748. The molecular weight excluding hydrogens is 370 g/mol. The summed E-state index contributed by atoms with van der Waals surface area (Å²) in [4.78, 5) is 32.3. The van der Waals surface area contributed by atoms with Crippen molar-refractivity contribution in [1.82, 2.24) is 9.88 Å². The maximum atomic E-state index is 12.7. The molecule has 2 aromatic rings. The lowest BCUT2D eigenvalue weighted by Crippen LogP contribution is -2.45. The van der Waals surface area contributed by atoms with E-state index in [0.717, 1.165) is 53.6 Å². The van der Waals surface area contributed by atoms with E-state index in [9.17, 15) is 9.59 Å². The molecule has 2 heterocycles. The van der Waals surface area contributed by atoms with E-state index in [-0.39, 0.29) is 18.6 Å². The van der Waals surface area contributed by atoms with Gasteiger partial charge in [-0.1, -0.05) is 11.6 Å². The topological polar surface area (TPSA) is 83.0 Å². The Labute approximate surface area is 171 Å². The van der Waals surface area contributed by atoms with E-state index < -0.39 is 5.97 Å². The number of pyridine rings is 1. The van der Waals surface area contributed by atoms with Gasteiger partial charge in [-0.3, -0.25) is 14.7 Å². The lowest BCUT2D eigenvalue weighted by molar-refractivity contribution is -0.138. The third-order valence-electron chi connectivity index (χ3n) is 5.56. The summed E-state index contributed by atoms with van der Waals surface area (Å²) in [7, 11) is 1.85. The first-order valence-electron chi connectivity index (χ1n) is 10.1. The summed E-state index contributed by atoms with van der Waals surface area (Å²) in [5.41, 5.74) is 4.45. The molecule has 0 atom stereocenters. The molecule has 29 heavy (non-hydrogen) atoms. The summed E-state index contributed by atoms with van der Waals surface area (Å²) in [6.07, 6.45) is 3.29. The number of carboxylic acids is 1. The fourth-order valence-corrected chi connectivity index (χ4v) is 4.22. The zero-order valence-electron chi connectivity index (χ0n) is 17.6. The van der Waals surface area contributed by atoms with Crippen molar-refractivity contribution in [2.24, 2.45) is 0 Å². The molecule has 1 aliphatic rings. The Kier molecular flexibility index (Phi) is 6.37. The molecule has 1 N–H and O–H groups in total. The number of nitrogens with zero attached hydrogens (tertiary/aromatic N) is 3. The normalized spacial score (nSPS) is 15.1. The number of piperidine rings is 1. The van der Waals surface area contributed by atoms with Crippen LogP contribution >= 0.6 is 0 Å². The van der Waals surface area contributed by atoms with Crippen molar-refractivity contribution in [3.05, 3.63) is 35.0 Å². The molecule has 0 radical (unpaired) electrons. The molecule has 0 unspecified atom stereocenters. The lowest BCUT2D eigenvalue weighted by atomic mass is 9.98. The summed E-state index contributed by atoms with van der Waals surface area (Å²) < 4.78 is 5.29. The third-order valence-corrected chi connectivity index (χ3v) is 5.56. The van der Waals surface area contributed by atoms with Crippen LogP contribution < -0.4 is 4.90 Å². The highest BCUT2D eigenvalue weighted by Gasteiger charge is 2.28. The van der Waals surface area contributed by atoms with Gasteiger partial charge in [0.2, 0.25) is 0 Å². The molecule has 1 aromatic carbocycles. The summed E-state index contributed by atoms with van der Waals surface area (Å²) in [5, 5.41) is 10.0. The predicted molar refractivity (Wildman–Crippen MR) is 113 cm³/mol. The second-order valence-corrected chi connectivity index (χ2v) is 7.75. The van der Waals surface area contributed by atoms with E-state index in [1.165, 1.54) is 0 Å². The summed E-state index contributed by atoms with van der Waals surface area (Å²) in [6, 6.07) is 4.39. The summed E-state index contributed by atoms with van der Waals surface area (Å²) in [6.45, 7) is 7.70. The van der Waals surface area contributed by atoms with Gasteiger partial charge >= 0.3 is 11.9 Å². The number of fused-ring (bicyclic) bond motifs is 1. The first-order chi connectivity index (χ1) is 13.8. The van der Waals surface area contributed by atoms with Gasteiger partial charge in [-0.15, -0.1) is 0 Å². The number of rotatable bonds is 6. The van der Waals surface area contributed by atoms with Gasteiger partial charge in [0.05, 0.1) is 24.4 Å². The van der Waals surface area contributed by atoms with Gasteiger partial charge in [-0.25, -0.2) is 4.79 Å². The Hall–Kier alpha value is -2.67. The number of aromatic nitrogens is 1. The molecular formula is C22H29N3O4. The van der Waals surface area contributed by atoms with Crippen LogP contribution in [0.5, 0.6) is 0 Å². The Morgan fingerprint density at radius 2 is 1.97 bits per heavy atom. The Bertz CT molecular complexity index is 920. The molecule has 0 amide bonds. The van der Waals surface area contributed by atoms with Crippen molar-refractivity contribution in [3.63, 3.8) is 0 Å². The van der Waals surface area contributed by atoms with E-state index >= 15 is 0 Å². The van der Waals surface area contributed by atoms with Gasteiger partial charge < -0.3 is 14.7 Å². The first-order valence-corrected chi connectivity index (χ1v) is 10.1. The molecule has 1 fully saturated rings. The highest BCUT2D eigenvalue weighted by atomic mass is 16.5. The van der Waals surface area contributed by atoms with E-state index in [1.807, 2.05) is 25.8 Å². The first kappa shape index (κ1) is 21.0. The van der Waals surface area contributed by atoms with Gasteiger partial charge in [-0.05, 0) is 52.3 Å². The molecule has 3 rings (SSSR count). The summed E-state index contributed by atoms with van der Waals surface area (Å²) in [5.74, 6) is -1.17. The minimum Gasteiger partial charge on any atom is -0.480 e. The van der Waals surface area contributed by atoms with Crippen LogP contribution in [0.3, 0.4) is 0 Å². The van der Waals surface area contributed by atoms with Crippen LogP contribution in [0.25, 0.3) is 10.9 Å². The van der Waals surface area contributed by atoms with Crippen LogP contribution in [-0.2, 0) is 9.53 Å². The third kappa shape index (κ3) is 4.50. The fraction of sp³-hybridized carbons (Fsp3) is 0.500. The second kappa shape index (κ2) is 8.78. The molecule has 156 valence electrons. The van der Waals surface area contributed by atoms with Crippen LogP contribution in [0.2, 0.25) is 0 Å². The molecule has 7 heteroatoms. The number of ether oxygens (including phenoxy) is 1. The van der Waals surface area contributed by atoms with E-state index in [0.29, 0.717) is 12.2 Å². The highest BCUT2D eigenvalue weighted by Crippen LogP contribution is 2.34. The fourth-order valence-electron chi connectivity index (χ4n) is 4.22. The number of anilines is 1. The standard InChI is InChI=1S/C22H29N3O4/c1-5-29-22(28)18-12-23-20-15(3)10-14(2)11-17(20)21(18)25-8-6-16(7-9-25)24(4)13-19(26)27/h10-12,16H,5-9,13H2,1-4H3,(H,26,27). The van der Waals surface area contributed by atoms with Gasteiger partial charge in [0.15, 0.2) is 0 Å². The SMILES string of the molecule is CCOC(=O)c1cnc2c(C)cc(C)cc2c1N1CCC(N(C)CC(=O)O)CC1. The molecule has 7 nitrogen and oxygen atoms in total. The van der Waals surface area contributed by atoms with Crippen LogP contribution in [0, 0.1) is 13.8 Å². The molecule has 1 aliphatic heterocycles. The maximum absolute atomic E-state index is 12.7. The van der Waals surface area contributed by atoms with Gasteiger partial charge in [0.25, 0.3) is 0 Å². The molecule has 0 aliphatic carbocycles. The van der Waals surface area contributed by atoms with Crippen molar-refractivity contribution in [2.75, 3.05) is 38.2 Å². The van der Waals surface area contributed by atoms with Crippen LogP contribution in [0.1, 0.15) is 41.3 Å². The Balaban J connectivity index is 1.98. The van der Waals surface area contributed by atoms with Crippen molar-refractivity contribution in [2.45, 2.75) is 39.7 Å². The zero-order chi connectivity index (χ0) is 21.1. The van der Waals surface area contributed by atoms with Crippen molar-refractivity contribution in [1.29, 1.82) is 0 Å². The van der Waals surface area contributed by atoms with Crippen molar-refractivity contribution >= 4 is 28.5 Å². The molecule has 1 aromatic heterocycles. The average molecular weight is 399 g/mol. The minimum atomic E-state index is -0.814. The van der Waals surface area contributed by atoms with E-state index in [1.54, 1.807) is 13.1 Å². The van der Waals surface area contributed by atoms with E-state index in [4.69, 9.17) is 9.84 Å². The zero-order valence-corrected chi connectivity index (χ0v) is 17.6. The monoisotopic (exact) mass is 399 g/mol. The average Bonchev–Trinajstić information content (AvgIpc) is 2.66. The number of hydrogen-bond acceptors (Lipinski definition) is 6. The maximum Gasteiger partial charge on any atom is 0.341 e. The van der Waals surface area contributed by atoms with Crippen LogP contribution in [0.15, 0.2) is 18.3 Å². The molecule has 0 spiro atoms. The molecule has 0 saturated carbocycles. The van der Waals surface area contributed by atoms with Gasteiger partial charge in [-0.2, -0.15) is 0 Å². The highest BCUT2D eigenvalue weighted by molar-refractivity contribution is 6.06. The number of carbonyl (C=O) groups is 2. The predicted octanol–water partition coefficient (Wildman–Crippen LogP) is 3.01. The number of hydrogen-bond donors (Lipinski definition) is 1. The minimum absolute atomic E-state index is 0.0370. The summed E-state index contributed by atoms with van der Waals surface area (Å²) >= 11 is 0. The van der Waals surface area contributed by atoms with E-state index in [2.05, 4.69) is 22.0 Å². The van der Waals surface area contributed by atoms with Gasteiger partial charge in [0.1, 0.15) is 5.56 Å². The number of aryl methyl sites for hydroxylation is 2. The van der Waals surface area contributed by atoms with Crippen molar-refractivity contribution < 1.29 is 19.4 Å². The molecule has 0 bridgehead atoms. The van der Waals surface area contributed by atoms with Gasteiger partial charge in [0, 0.05) is 30.7 Å². The van der Waals surface area contributed by atoms with Crippen LogP contribution in [-0.4, -0.2) is 66.3 Å². The number of carbonyl (C=O) groups excluding carboxylic acids is 1. The largest absolute Gasteiger partial charge is 0.480 e. The number of carboxylic acid groups (broad SMARTS) is 1. The van der Waals surface area contributed by atoms with Crippen molar-refractivity contribution in [3.8, 4) is 0 Å². The smallest absolute Gasteiger partial charge is 0.341 e. The Morgan fingerprint density at radius 1 is 1.28 bits per heavy atom. The number of benzene rings is 1.